The number of hydrogen-bond acceptors (Lipinski definition) is 3. The molecule has 0 aromatic heterocycles. The Morgan fingerprint density at radius 3 is 2.58 bits per heavy atom. The van der Waals surface area contributed by atoms with Crippen molar-refractivity contribution in [3.05, 3.63) is 46.0 Å². The predicted octanol–water partition coefficient (Wildman–Crippen LogP) is 2.91. The van der Waals surface area contributed by atoms with Gasteiger partial charge in [-0.3, -0.25) is 14.9 Å². The van der Waals surface area contributed by atoms with Crippen LogP contribution in [0.15, 0.2) is 30.3 Å². The lowest BCUT2D eigenvalue weighted by atomic mass is 10.2. The zero-order chi connectivity index (χ0) is 14.3. The normalized spacial score (nSPS) is 12.3. The Morgan fingerprint density at radius 1 is 1.42 bits per heavy atom. The number of non-ortho nitro benzene ring substituents is 1. The van der Waals surface area contributed by atoms with Crippen LogP contribution in [-0.2, 0) is 4.79 Å². The zero-order valence-electron chi connectivity index (χ0n) is 11.1. The Morgan fingerprint density at radius 2 is 2.05 bits per heavy atom. The van der Waals surface area contributed by atoms with Gasteiger partial charge in [0.15, 0.2) is 0 Å². The number of nitro groups is 1. The van der Waals surface area contributed by atoms with Crippen molar-refractivity contribution in [2.24, 2.45) is 0 Å². The second-order valence-corrected chi connectivity index (χ2v) is 4.38. The van der Waals surface area contributed by atoms with Crippen LogP contribution >= 0.6 is 0 Å². The van der Waals surface area contributed by atoms with Crippen molar-refractivity contribution in [1.82, 2.24) is 5.32 Å². The zero-order valence-corrected chi connectivity index (χ0v) is 11.1. The van der Waals surface area contributed by atoms with E-state index < -0.39 is 4.92 Å². The number of nitro benzene ring substituents is 1. The molecule has 1 aromatic carbocycles. The van der Waals surface area contributed by atoms with Crippen molar-refractivity contribution in [3.63, 3.8) is 0 Å². The standard InChI is InChI=1S/C14H18N2O3/c1-3-4-11(2)15-14(17)10-7-12-5-8-13(9-6-12)16(18)19/h5-11H,3-4H2,1-2H3,(H,15,17)/b10-7+/t11-/m0/s1. The summed E-state index contributed by atoms with van der Waals surface area (Å²) in [6, 6.07) is 6.20. The summed E-state index contributed by atoms with van der Waals surface area (Å²) in [5, 5.41) is 13.3. The van der Waals surface area contributed by atoms with E-state index in [1.807, 2.05) is 6.92 Å². The van der Waals surface area contributed by atoms with Gasteiger partial charge in [0.05, 0.1) is 4.92 Å². The van der Waals surface area contributed by atoms with Gasteiger partial charge in [0.1, 0.15) is 0 Å². The molecule has 5 nitrogen and oxygen atoms in total. The van der Waals surface area contributed by atoms with Crippen molar-refractivity contribution in [2.75, 3.05) is 0 Å². The number of amides is 1. The first kappa shape index (κ1) is 14.9. The van der Waals surface area contributed by atoms with E-state index in [1.165, 1.54) is 18.2 Å². The van der Waals surface area contributed by atoms with Gasteiger partial charge in [0.25, 0.3) is 5.69 Å². The highest BCUT2D eigenvalue weighted by atomic mass is 16.6. The number of nitrogens with one attached hydrogen (secondary N) is 1. The summed E-state index contributed by atoms with van der Waals surface area (Å²) >= 11 is 0. The average Bonchev–Trinajstić information content (AvgIpc) is 2.37. The van der Waals surface area contributed by atoms with Crippen molar-refractivity contribution >= 4 is 17.7 Å². The molecule has 0 aliphatic heterocycles. The molecule has 1 aromatic rings. The third-order valence-electron chi connectivity index (χ3n) is 2.64. The number of hydrogen-bond donors (Lipinski definition) is 1. The summed E-state index contributed by atoms with van der Waals surface area (Å²) in [6.45, 7) is 4.02. The van der Waals surface area contributed by atoms with Gasteiger partial charge in [-0.25, -0.2) is 0 Å². The van der Waals surface area contributed by atoms with Gasteiger partial charge in [0, 0.05) is 24.3 Å². The number of carbonyl (C=O) groups excluding carboxylic acids is 1. The molecule has 19 heavy (non-hydrogen) atoms. The van der Waals surface area contributed by atoms with E-state index in [9.17, 15) is 14.9 Å². The van der Waals surface area contributed by atoms with Crippen LogP contribution in [0, 0.1) is 10.1 Å². The minimum Gasteiger partial charge on any atom is -0.350 e. The molecule has 1 amide bonds. The smallest absolute Gasteiger partial charge is 0.269 e. The minimum atomic E-state index is -0.452. The summed E-state index contributed by atoms with van der Waals surface area (Å²) in [6.07, 6.45) is 5.04. The summed E-state index contributed by atoms with van der Waals surface area (Å²) in [4.78, 5) is 21.6. The fraction of sp³-hybridized carbons (Fsp3) is 0.357. The second kappa shape index (κ2) is 7.31. The topological polar surface area (TPSA) is 72.2 Å². The Bertz CT molecular complexity index is 466. The minimum absolute atomic E-state index is 0.0400. The Balaban J connectivity index is 2.56. The van der Waals surface area contributed by atoms with Gasteiger partial charge < -0.3 is 5.32 Å². The number of nitrogens with zero attached hydrogens (tertiary/aromatic N) is 1. The van der Waals surface area contributed by atoms with E-state index in [1.54, 1.807) is 18.2 Å². The summed E-state index contributed by atoms with van der Waals surface area (Å²) in [5.41, 5.74) is 0.794. The fourth-order valence-electron chi connectivity index (χ4n) is 1.68. The molecule has 1 rings (SSSR count). The molecule has 0 radical (unpaired) electrons. The van der Waals surface area contributed by atoms with Crippen molar-refractivity contribution in [3.8, 4) is 0 Å². The van der Waals surface area contributed by atoms with Gasteiger partial charge in [0.2, 0.25) is 5.91 Å². The lowest BCUT2D eigenvalue weighted by molar-refractivity contribution is -0.384. The predicted molar refractivity (Wildman–Crippen MR) is 74.6 cm³/mol. The highest BCUT2D eigenvalue weighted by Crippen LogP contribution is 2.12. The van der Waals surface area contributed by atoms with E-state index >= 15 is 0 Å². The van der Waals surface area contributed by atoms with Gasteiger partial charge in [-0.15, -0.1) is 0 Å². The molecule has 0 spiro atoms. The second-order valence-electron chi connectivity index (χ2n) is 4.38. The molecule has 0 saturated carbocycles. The molecule has 0 aliphatic rings. The molecule has 102 valence electrons. The number of carbonyl (C=O) groups is 1. The van der Waals surface area contributed by atoms with E-state index in [2.05, 4.69) is 12.2 Å². The van der Waals surface area contributed by atoms with Gasteiger partial charge >= 0.3 is 0 Å². The molecule has 5 heteroatoms. The summed E-state index contributed by atoms with van der Waals surface area (Å²) in [5.74, 6) is -0.153. The third-order valence-corrected chi connectivity index (χ3v) is 2.64. The third kappa shape index (κ3) is 5.33. The highest BCUT2D eigenvalue weighted by molar-refractivity contribution is 5.91. The van der Waals surface area contributed by atoms with Crippen LogP contribution in [0.5, 0.6) is 0 Å². The van der Waals surface area contributed by atoms with Crippen LogP contribution in [0.2, 0.25) is 0 Å². The van der Waals surface area contributed by atoms with E-state index in [4.69, 9.17) is 0 Å². The maximum absolute atomic E-state index is 11.6. The lowest BCUT2D eigenvalue weighted by Crippen LogP contribution is -2.30. The molecule has 1 atom stereocenters. The average molecular weight is 262 g/mol. The quantitative estimate of drug-likeness (QED) is 0.486. The van der Waals surface area contributed by atoms with Crippen LogP contribution < -0.4 is 5.32 Å². The highest BCUT2D eigenvalue weighted by Gasteiger charge is 2.04. The van der Waals surface area contributed by atoms with Crippen LogP contribution in [0.4, 0.5) is 5.69 Å². The van der Waals surface area contributed by atoms with Crippen LogP contribution in [0.3, 0.4) is 0 Å². The molecular weight excluding hydrogens is 244 g/mol. The molecule has 0 unspecified atom stereocenters. The Hall–Kier alpha value is -2.17. The van der Waals surface area contributed by atoms with Crippen molar-refractivity contribution < 1.29 is 9.72 Å². The molecule has 0 aliphatic carbocycles. The first-order chi connectivity index (χ1) is 9.02. The molecule has 0 heterocycles. The van der Waals surface area contributed by atoms with Gasteiger partial charge in [-0.05, 0) is 37.1 Å². The summed E-state index contributed by atoms with van der Waals surface area (Å²) in [7, 11) is 0. The fourth-order valence-corrected chi connectivity index (χ4v) is 1.68. The SMILES string of the molecule is CCC[C@H](C)NC(=O)/C=C/c1ccc([N+](=O)[O-])cc1. The summed E-state index contributed by atoms with van der Waals surface area (Å²) < 4.78 is 0. The Labute approximate surface area is 112 Å². The first-order valence-corrected chi connectivity index (χ1v) is 6.26. The van der Waals surface area contributed by atoms with Crippen LogP contribution in [0.25, 0.3) is 6.08 Å². The first-order valence-electron chi connectivity index (χ1n) is 6.26. The molecule has 0 fully saturated rings. The van der Waals surface area contributed by atoms with E-state index in [0.29, 0.717) is 0 Å². The Kier molecular flexibility index (Phi) is 5.73. The largest absolute Gasteiger partial charge is 0.350 e. The molecule has 0 bridgehead atoms. The van der Waals surface area contributed by atoms with Crippen molar-refractivity contribution in [1.29, 1.82) is 0 Å². The monoisotopic (exact) mass is 262 g/mol. The van der Waals surface area contributed by atoms with Crippen LogP contribution in [-0.4, -0.2) is 16.9 Å². The molecule has 0 saturated heterocycles. The maximum Gasteiger partial charge on any atom is 0.269 e. The van der Waals surface area contributed by atoms with Crippen molar-refractivity contribution in [2.45, 2.75) is 32.7 Å². The molecular formula is C14H18N2O3. The van der Waals surface area contributed by atoms with Gasteiger partial charge in [-0.1, -0.05) is 13.3 Å². The van der Waals surface area contributed by atoms with E-state index in [-0.39, 0.29) is 17.6 Å². The number of benzene rings is 1. The lowest BCUT2D eigenvalue weighted by Gasteiger charge is -2.10. The molecule has 1 N–H and O–H groups in total. The van der Waals surface area contributed by atoms with Gasteiger partial charge in [-0.2, -0.15) is 0 Å². The number of rotatable bonds is 6. The maximum atomic E-state index is 11.6. The van der Waals surface area contributed by atoms with Crippen LogP contribution in [0.1, 0.15) is 32.3 Å². The van der Waals surface area contributed by atoms with E-state index in [0.717, 1.165) is 18.4 Å².